The van der Waals surface area contributed by atoms with E-state index in [2.05, 4.69) is 21.1 Å². The number of rotatable bonds is 7. The second-order valence-corrected chi connectivity index (χ2v) is 6.28. The topological polar surface area (TPSA) is 70.5 Å². The molecule has 132 valence electrons. The van der Waals surface area contributed by atoms with Crippen LogP contribution in [0.2, 0.25) is 5.02 Å². The Morgan fingerprint density at radius 1 is 1.24 bits per heavy atom. The Balaban J connectivity index is 2.19. The summed E-state index contributed by atoms with van der Waals surface area (Å²) < 4.78 is 30.9. The number of ether oxygens (including phenoxy) is 2. The van der Waals surface area contributed by atoms with Crippen molar-refractivity contribution >= 4 is 38.5 Å². The second kappa shape index (κ2) is 8.03. The Hall–Kier alpha value is -1.83. The van der Waals surface area contributed by atoms with Crippen LogP contribution < -0.4 is 15.2 Å². The molecule has 0 radical (unpaired) electrons. The van der Waals surface area contributed by atoms with Crippen LogP contribution in [0.1, 0.15) is 0 Å². The molecule has 0 aliphatic rings. The van der Waals surface area contributed by atoms with Crippen LogP contribution in [0.4, 0.5) is 4.39 Å². The summed E-state index contributed by atoms with van der Waals surface area (Å²) in [4.78, 5) is 0. The third kappa shape index (κ3) is 3.58. The number of halogens is 3. The summed E-state index contributed by atoms with van der Waals surface area (Å²) in [5.74, 6) is 0.350. The van der Waals surface area contributed by atoms with Gasteiger partial charge in [0, 0.05) is 23.5 Å². The number of aromatic nitrogens is 1. The van der Waals surface area contributed by atoms with E-state index >= 15 is 0 Å². The highest BCUT2D eigenvalue weighted by Gasteiger charge is 2.23. The molecule has 3 aromatic rings. The Morgan fingerprint density at radius 3 is 2.76 bits per heavy atom. The normalized spacial score (nSPS) is 11.0. The number of alkyl halides is 1. The monoisotopic (exact) mass is 428 g/mol. The summed E-state index contributed by atoms with van der Waals surface area (Å²) in [5, 5.41) is 5.41. The lowest BCUT2D eigenvalue weighted by molar-refractivity contribution is 0.282. The molecule has 0 bridgehead atoms. The fourth-order valence-electron chi connectivity index (χ4n) is 2.42. The number of fused-ring (bicyclic) bond motifs is 1. The molecule has 2 aromatic carbocycles. The average Bonchev–Trinajstić information content (AvgIpc) is 3.05. The van der Waals surface area contributed by atoms with E-state index in [-0.39, 0.29) is 0 Å². The van der Waals surface area contributed by atoms with E-state index in [9.17, 15) is 4.39 Å². The third-order valence-electron chi connectivity index (χ3n) is 3.45. The van der Waals surface area contributed by atoms with Gasteiger partial charge in [0.15, 0.2) is 5.75 Å². The smallest absolute Gasteiger partial charge is 0.214 e. The summed E-state index contributed by atoms with van der Waals surface area (Å²) in [7, 11) is 0. The standard InChI is InChI=1S/C17H15BrClFN2O3/c18-5-7-24-16-13(23-8-6-21)9-11(19)14-15(22-25-17(14)16)10-3-1-2-4-12(10)20/h1-4,9H,5-8,21H2. The minimum Gasteiger partial charge on any atom is -0.488 e. The Kier molecular flexibility index (Phi) is 5.78. The first-order chi connectivity index (χ1) is 12.2. The van der Waals surface area contributed by atoms with Crippen LogP contribution in [0, 0.1) is 5.82 Å². The predicted octanol–water partition coefficient (Wildman–Crippen LogP) is 4.40. The zero-order valence-corrected chi connectivity index (χ0v) is 15.4. The molecule has 1 heterocycles. The van der Waals surface area contributed by atoms with Gasteiger partial charge < -0.3 is 19.7 Å². The van der Waals surface area contributed by atoms with Crippen LogP contribution in [0.15, 0.2) is 34.9 Å². The number of hydrogen-bond acceptors (Lipinski definition) is 5. The highest BCUT2D eigenvalue weighted by Crippen LogP contribution is 2.44. The van der Waals surface area contributed by atoms with Crippen molar-refractivity contribution < 1.29 is 18.4 Å². The highest BCUT2D eigenvalue weighted by atomic mass is 79.9. The maximum Gasteiger partial charge on any atom is 0.214 e. The van der Waals surface area contributed by atoms with Crippen LogP contribution in [-0.4, -0.2) is 30.2 Å². The molecule has 2 N–H and O–H groups in total. The molecule has 3 rings (SSSR count). The van der Waals surface area contributed by atoms with Crippen LogP contribution >= 0.6 is 27.5 Å². The number of nitrogens with zero attached hydrogens (tertiary/aromatic N) is 1. The lowest BCUT2D eigenvalue weighted by atomic mass is 10.1. The number of hydrogen-bond donors (Lipinski definition) is 1. The third-order valence-corrected chi connectivity index (χ3v) is 4.07. The molecule has 0 aliphatic carbocycles. The van der Waals surface area contributed by atoms with Gasteiger partial charge in [0.2, 0.25) is 11.3 Å². The molecular formula is C17H15BrClFN2O3. The van der Waals surface area contributed by atoms with Gasteiger partial charge in [-0.25, -0.2) is 4.39 Å². The Bertz CT molecular complexity index is 888. The van der Waals surface area contributed by atoms with Crippen LogP contribution in [0.3, 0.4) is 0 Å². The fraction of sp³-hybridized carbons (Fsp3) is 0.235. The van der Waals surface area contributed by atoms with Gasteiger partial charge in [-0.3, -0.25) is 0 Å². The van der Waals surface area contributed by atoms with Gasteiger partial charge >= 0.3 is 0 Å². The molecule has 1 aromatic heterocycles. The lowest BCUT2D eigenvalue weighted by Gasteiger charge is -2.12. The summed E-state index contributed by atoms with van der Waals surface area (Å²) >= 11 is 9.70. The van der Waals surface area contributed by atoms with E-state index in [4.69, 9.17) is 31.3 Å². The quantitative estimate of drug-likeness (QED) is 0.564. The fourth-order valence-corrected chi connectivity index (χ4v) is 2.86. The van der Waals surface area contributed by atoms with Crippen molar-refractivity contribution in [3.8, 4) is 22.8 Å². The van der Waals surface area contributed by atoms with Crippen LogP contribution in [-0.2, 0) is 0 Å². The van der Waals surface area contributed by atoms with Crippen molar-refractivity contribution in [2.24, 2.45) is 5.73 Å². The van der Waals surface area contributed by atoms with E-state index in [0.717, 1.165) is 0 Å². The molecular weight excluding hydrogens is 415 g/mol. The van der Waals surface area contributed by atoms with E-state index in [1.54, 1.807) is 24.3 Å². The molecule has 0 spiro atoms. The SMILES string of the molecule is NCCOc1cc(Cl)c2c(-c3ccccc3F)noc2c1OCCBr. The summed E-state index contributed by atoms with van der Waals surface area (Å²) in [6.07, 6.45) is 0. The maximum absolute atomic E-state index is 14.2. The minimum atomic E-state index is -0.417. The van der Waals surface area contributed by atoms with Crippen molar-refractivity contribution in [3.05, 3.63) is 41.2 Å². The van der Waals surface area contributed by atoms with E-state index in [0.29, 0.717) is 63.8 Å². The Morgan fingerprint density at radius 2 is 2.04 bits per heavy atom. The summed E-state index contributed by atoms with van der Waals surface area (Å²) in [6, 6.07) is 7.88. The molecule has 0 unspecified atom stereocenters. The molecule has 0 atom stereocenters. The first-order valence-corrected chi connectivity index (χ1v) is 9.05. The van der Waals surface area contributed by atoms with Crippen molar-refractivity contribution in [1.29, 1.82) is 0 Å². The second-order valence-electron chi connectivity index (χ2n) is 5.08. The minimum absolute atomic E-state index is 0.292. The van der Waals surface area contributed by atoms with Gasteiger partial charge in [0.05, 0.1) is 17.0 Å². The number of benzene rings is 2. The number of nitrogens with two attached hydrogens (primary N) is 1. The first-order valence-electron chi connectivity index (χ1n) is 7.55. The van der Waals surface area contributed by atoms with Crippen molar-refractivity contribution in [2.75, 3.05) is 25.1 Å². The largest absolute Gasteiger partial charge is 0.488 e. The van der Waals surface area contributed by atoms with Crippen LogP contribution in [0.25, 0.3) is 22.2 Å². The van der Waals surface area contributed by atoms with E-state index < -0.39 is 5.82 Å². The average molecular weight is 430 g/mol. The molecule has 25 heavy (non-hydrogen) atoms. The van der Waals surface area contributed by atoms with E-state index in [1.165, 1.54) is 6.07 Å². The van der Waals surface area contributed by atoms with Crippen molar-refractivity contribution in [2.45, 2.75) is 0 Å². The van der Waals surface area contributed by atoms with Gasteiger partial charge in [0.25, 0.3) is 0 Å². The maximum atomic E-state index is 14.2. The van der Waals surface area contributed by atoms with E-state index in [1.807, 2.05) is 0 Å². The zero-order chi connectivity index (χ0) is 17.8. The van der Waals surface area contributed by atoms with Gasteiger partial charge in [-0.2, -0.15) is 0 Å². The molecule has 5 nitrogen and oxygen atoms in total. The highest BCUT2D eigenvalue weighted by molar-refractivity contribution is 9.09. The lowest BCUT2D eigenvalue weighted by Crippen LogP contribution is -2.11. The molecule has 0 aliphatic heterocycles. The first kappa shape index (κ1) is 18.0. The molecule has 0 saturated heterocycles. The van der Waals surface area contributed by atoms with Crippen molar-refractivity contribution in [3.63, 3.8) is 0 Å². The van der Waals surface area contributed by atoms with Gasteiger partial charge in [0.1, 0.15) is 18.1 Å². The summed E-state index contributed by atoms with van der Waals surface area (Å²) in [6.45, 7) is 1.01. The van der Waals surface area contributed by atoms with Gasteiger partial charge in [-0.05, 0) is 12.1 Å². The summed E-state index contributed by atoms with van der Waals surface area (Å²) in [5.41, 5.74) is 6.40. The molecule has 0 fully saturated rings. The molecule has 0 saturated carbocycles. The zero-order valence-electron chi connectivity index (χ0n) is 13.1. The van der Waals surface area contributed by atoms with Crippen LogP contribution in [0.5, 0.6) is 11.5 Å². The van der Waals surface area contributed by atoms with Gasteiger partial charge in [-0.15, -0.1) is 0 Å². The molecule has 8 heteroatoms. The predicted molar refractivity (Wildman–Crippen MR) is 98.3 cm³/mol. The van der Waals surface area contributed by atoms with Crippen molar-refractivity contribution in [1.82, 2.24) is 5.16 Å². The molecule has 0 amide bonds. The van der Waals surface area contributed by atoms with Gasteiger partial charge in [-0.1, -0.05) is 44.8 Å². The Labute approximate surface area is 156 Å².